The summed E-state index contributed by atoms with van der Waals surface area (Å²) >= 11 is 0. The van der Waals surface area contributed by atoms with Crippen LogP contribution in [0.3, 0.4) is 0 Å². The van der Waals surface area contributed by atoms with Crippen LogP contribution in [0, 0.1) is 13.8 Å². The Kier molecular flexibility index (Phi) is 7.35. The molecule has 0 radical (unpaired) electrons. The van der Waals surface area contributed by atoms with Gasteiger partial charge in [-0.25, -0.2) is 0 Å². The van der Waals surface area contributed by atoms with Gasteiger partial charge in [0.15, 0.2) is 0 Å². The molecule has 0 bridgehead atoms. The first-order valence-corrected chi connectivity index (χ1v) is 19.3. The molecule has 10 aromatic rings. The van der Waals surface area contributed by atoms with Gasteiger partial charge in [-0.3, -0.25) is 15.0 Å². The predicted molar refractivity (Wildman–Crippen MR) is 234 cm³/mol. The highest BCUT2D eigenvalue weighted by atomic mass is 16.3. The maximum atomic E-state index is 8.94. The third kappa shape index (κ3) is 5.39. The fourth-order valence-corrected chi connectivity index (χ4v) is 8.84. The Morgan fingerprint density at radius 2 is 1.16 bits per heavy atom. The molecule has 4 aromatic heterocycles. The highest BCUT2D eigenvalue weighted by molar-refractivity contribution is 6.27. The summed E-state index contributed by atoms with van der Waals surface area (Å²) in [6.07, 6.45) is 3.59. The molecule has 0 aliphatic rings. The fraction of sp³-hybridized carbons (Fsp3) is 0.113. The highest BCUT2D eigenvalue weighted by Gasteiger charge is 2.38. The van der Waals surface area contributed by atoms with Crippen molar-refractivity contribution >= 4 is 43.5 Å². The zero-order valence-corrected chi connectivity index (χ0v) is 32.0. The van der Waals surface area contributed by atoms with E-state index in [0.717, 1.165) is 65.8 Å². The first-order valence-electron chi connectivity index (χ1n) is 20.8. The van der Waals surface area contributed by atoms with Gasteiger partial charge < -0.3 is 4.42 Å². The predicted octanol–water partition coefficient (Wildman–Crippen LogP) is 13.1. The van der Waals surface area contributed by atoms with Crippen molar-refractivity contribution in [2.75, 3.05) is 0 Å². The quantitative estimate of drug-likeness (QED) is 0.153. The van der Waals surface area contributed by atoms with Gasteiger partial charge in [0.2, 0.25) is 0 Å². The summed E-state index contributed by atoms with van der Waals surface area (Å²) in [5.41, 5.74) is 6.78. The number of benzene rings is 6. The maximum Gasteiger partial charge on any atom is 0.144 e. The Bertz CT molecular complexity index is 3140. The lowest BCUT2D eigenvalue weighted by atomic mass is 9.72. The van der Waals surface area contributed by atoms with E-state index in [-0.39, 0.29) is 5.56 Å². The lowest BCUT2D eigenvalue weighted by Crippen LogP contribution is -2.29. The topological polar surface area (TPSA) is 51.8 Å². The summed E-state index contributed by atoms with van der Waals surface area (Å²) in [5, 5.41) is 6.45. The van der Waals surface area contributed by atoms with E-state index in [0.29, 0.717) is 28.2 Å². The van der Waals surface area contributed by atoms with E-state index in [4.69, 9.17) is 23.5 Å². The number of nitrogens with zero attached hydrogens (tertiary/aromatic N) is 3. The third-order valence-electron chi connectivity index (χ3n) is 12.0. The number of aryl methyl sites for hydroxylation is 1. The van der Waals surface area contributed by atoms with Crippen molar-refractivity contribution < 1.29 is 8.53 Å². The molecule has 6 aromatic carbocycles. The average molecular weight is 739 g/mol. The van der Waals surface area contributed by atoms with E-state index in [1.54, 1.807) is 6.20 Å². The van der Waals surface area contributed by atoms with Gasteiger partial charge in [0, 0.05) is 38.2 Å². The number of fused-ring (bicyclic) bond motifs is 7. The molecular formula is C53H41N3O. The van der Waals surface area contributed by atoms with Crippen molar-refractivity contribution in [3.05, 3.63) is 221 Å². The molecule has 4 heteroatoms. The minimum absolute atomic E-state index is 0.209. The van der Waals surface area contributed by atoms with E-state index in [1.165, 1.54) is 0 Å². The molecule has 0 aliphatic carbocycles. The van der Waals surface area contributed by atoms with Gasteiger partial charge in [-0.2, -0.15) is 0 Å². The number of aromatic nitrogens is 3. The van der Waals surface area contributed by atoms with Crippen molar-refractivity contribution in [2.24, 2.45) is 0 Å². The van der Waals surface area contributed by atoms with Gasteiger partial charge >= 0.3 is 0 Å². The third-order valence-corrected chi connectivity index (χ3v) is 12.0. The number of furan rings is 1. The molecule has 57 heavy (non-hydrogen) atoms. The monoisotopic (exact) mass is 738 g/mol. The maximum absolute atomic E-state index is 8.94. The first kappa shape index (κ1) is 31.3. The molecule has 2 unspecified atom stereocenters. The molecule has 2 atom stereocenters. The second kappa shape index (κ2) is 13.4. The Morgan fingerprint density at radius 3 is 1.84 bits per heavy atom. The lowest BCUT2D eigenvalue weighted by molar-refractivity contribution is 0.635. The van der Waals surface area contributed by atoms with Crippen LogP contribution in [0.5, 0.6) is 0 Å². The molecule has 0 saturated heterocycles. The van der Waals surface area contributed by atoms with Crippen LogP contribution >= 0.6 is 0 Å². The van der Waals surface area contributed by atoms with E-state index in [2.05, 4.69) is 97.9 Å². The summed E-state index contributed by atoms with van der Waals surface area (Å²) < 4.78 is 33.8. The van der Waals surface area contributed by atoms with Gasteiger partial charge in [-0.05, 0) is 120 Å². The number of hydrogen-bond acceptors (Lipinski definition) is 4. The van der Waals surface area contributed by atoms with Crippen LogP contribution in [0.25, 0.3) is 54.7 Å². The van der Waals surface area contributed by atoms with Crippen LogP contribution in [-0.4, -0.2) is 15.0 Å². The van der Waals surface area contributed by atoms with Crippen LogP contribution in [0.4, 0.5) is 0 Å². The second-order valence-electron chi connectivity index (χ2n) is 15.3. The van der Waals surface area contributed by atoms with E-state index >= 15 is 0 Å². The Hall–Kier alpha value is -6.91. The summed E-state index contributed by atoms with van der Waals surface area (Å²) in [6.45, 7) is 3.66. The van der Waals surface area contributed by atoms with Gasteiger partial charge in [0.05, 0.1) is 33.6 Å². The minimum Gasteiger partial charge on any atom is -0.455 e. The van der Waals surface area contributed by atoms with Crippen molar-refractivity contribution in [3.8, 4) is 11.3 Å². The van der Waals surface area contributed by atoms with Gasteiger partial charge in [0.25, 0.3) is 0 Å². The molecule has 0 fully saturated rings. The molecule has 0 aliphatic heterocycles. The van der Waals surface area contributed by atoms with E-state index in [9.17, 15) is 0 Å². The van der Waals surface area contributed by atoms with Crippen molar-refractivity contribution in [1.82, 2.24) is 15.0 Å². The zero-order chi connectivity index (χ0) is 41.2. The molecule has 0 N–H and O–H groups in total. The summed E-state index contributed by atoms with van der Waals surface area (Å²) in [7, 11) is 0. The Balaban J connectivity index is 1.37. The molecular weight excluding hydrogens is 695 g/mol. The molecule has 274 valence electrons. The van der Waals surface area contributed by atoms with Crippen LogP contribution in [0.15, 0.2) is 181 Å². The summed E-state index contributed by atoms with van der Waals surface area (Å²) in [6, 6.07) is 55.6. The SMILES string of the molecule is [2H]C([2H])([2H])c1c(C)cc(-c2cc(C(C)(c3ccccc3)c3ccccn3)cc3c2oc2ccc4ccc5ccccc5c4c23)nc1C(C)(c1ccccc1)c1ccccn1. The normalized spacial score (nSPS) is 14.9. The molecule has 0 amide bonds. The Labute approximate surface area is 336 Å². The molecule has 0 saturated carbocycles. The standard InChI is InChI=1S/C53H41N3O/c1-34-31-44(56-51(35(34)2)53(4,39-20-9-6-10-21-39)47-24-14-16-30-55-47)42-32-40(52(3,38-18-7-5-8-19-38)46-23-13-15-29-54-46)33-43-49-45(57-50(42)43)28-27-37-26-25-36-17-11-12-22-41(36)48(37)49/h5-33H,1-4H3/i2D3. The molecule has 4 nitrogen and oxygen atoms in total. The second-order valence-corrected chi connectivity index (χ2v) is 15.3. The number of hydrogen-bond donors (Lipinski definition) is 0. The largest absolute Gasteiger partial charge is 0.455 e. The Morgan fingerprint density at radius 1 is 0.544 bits per heavy atom. The zero-order valence-electron chi connectivity index (χ0n) is 35.0. The summed E-state index contributed by atoms with van der Waals surface area (Å²) in [4.78, 5) is 15.4. The lowest BCUT2D eigenvalue weighted by Gasteiger charge is -2.32. The smallest absolute Gasteiger partial charge is 0.144 e. The van der Waals surface area contributed by atoms with E-state index < -0.39 is 17.7 Å². The van der Waals surface area contributed by atoms with Crippen LogP contribution in [0.2, 0.25) is 0 Å². The van der Waals surface area contributed by atoms with Gasteiger partial charge in [0.1, 0.15) is 11.2 Å². The highest BCUT2D eigenvalue weighted by Crippen LogP contribution is 2.47. The van der Waals surface area contributed by atoms with Crippen LogP contribution < -0.4 is 0 Å². The average Bonchev–Trinajstić information content (AvgIpc) is 3.67. The fourth-order valence-electron chi connectivity index (χ4n) is 8.84. The van der Waals surface area contributed by atoms with Gasteiger partial charge in [-0.15, -0.1) is 0 Å². The minimum atomic E-state index is -2.48. The molecule has 4 heterocycles. The van der Waals surface area contributed by atoms with Crippen molar-refractivity contribution in [3.63, 3.8) is 0 Å². The van der Waals surface area contributed by atoms with E-state index in [1.807, 2.05) is 92.8 Å². The van der Waals surface area contributed by atoms with Gasteiger partial charge in [-0.1, -0.05) is 115 Å². The van der Waals surface area contributed by atoms with Crippen molar-refractivity contribution in [2.45, 2.75) is 38.5 Å². The molecule has 10 rings (SSSR count). The van der Waals surface area contributed by atoms with Crippen molar-refractivity contribution in [1.29, 1.82) is 0 Å². The first-order chi connectivity index (χ1) is 29.1. The van der Waals surface area contributed by atoms with Crippen LogP contribution in [-0.2, 0) is 10.8 Å². The summed E-state index contributed by atoms with van der Waals surface area (Å²) in [5.74, 6) is 0. The number of rotatable bonds is 7. The van der Waals surface area contributed by atoms with Crippen LogP contribution in [0.1, 0.15) is 62.9 Å². The molecule has 0 spiro atoms. The number of pyridine rings is 3.